The fraction of sp³-hybridized carbons (Fsp3) is 0.0833. The number of para-hydroxylation sites is 2. The van der Waals surface area contributed by atoms with Gasteiger partial charge in [-0.2, -0.15) is 5.10 Å². The first kappa shape index (κ1) is 20.8. The van der Waals surface area contributed by atoms with E-state index in [0.29, 0.717) is 28.6 Å². The highest BCUT2D eigenvalue weighted by molar-refractivity contribution is 6.06. The number of hydrazine groups is 1. The molecule has 0 unspecified atom stereocenters. The Balaban J connectivity index is 1.55. The number of anilines is 2. The SMILES string of the molecule is CCn1nc(C(=O)NNC(=O)c2ccccc2Nc2ccccc2)c2ccccc2c1=O. The van der Waals surface area contributed by atoms with E-state index in [4.69, 9.17) is 0 Å². The number of nitrogens with one attached hydrogen (secondary N) is 3. The molecule has 8 nitrogen and oxygen atoms in total. The van der Waals surface area contributed by atoms with Gasteiger partial charge in [0.2, 0.25) is 0 Å². The number of aryl methyl sites for hydroxylation is 1. The van der Waals surface area contributed by atoms with E-state index in [1.165, 1.54) is 4.68 Å². The van der Waals surface area contributed by atoms with Crippen molar-refractivity contribution in [3.05, 3.63) is 100 Å². The van der Waals surface area contributed by atoms with Crippen LogP contribution in [0.2, 0.25) is 0 Å². The molecule has 0 spiro atoms. The second kappa shape index (κ2) is 9.13. The summed E-state index contributed by atoms with van der Waals surface area (Å²) in [6.45, 7) is 2.08. The zero-order valence-corrected chi connectivity index (χ0v) is 17.3. The molecule has 4 rings (SSSR count). The van der Waals surface area contributed by atoms with Crippen molar-refractivity contribution in [2.45, 2.75) is 13.5 Å². The van der Waals surface area contributed by atoms with Crippen LogP contribution in [0.15, 0.2) is 83.7 Å². The van der Waals surface area contributed by atoms with Gasteiger partial charge in [0.05, 0.1) is 16.6 Å². The van der Waals surface area contributed by atoms with Gasteiger partial charge in [-0.1, -0.05) is 48.5 Å². The maximum atomic E-state index is 12.8. The van der Waals surface area contributed by atoms with Crippen molar-refractivity contribution in [1.82, 2.24) is 20.6 Å². The molecule has 0 aliphatic rings. The molecule has 3 N–H and O–H groups in total. The molecule has 0 aliphatic heterocycles. The van der Waals surface area contributed by atoms with Gasteiger partial charge >= 0.3 is 0 Å². The molecule has 0 aliphatic carbocycles. The molecule has 0 bridgehead atoms. The zero-order chi connectivity index (χ0) is 22.5. The Bertz CT molecular complexity index is 1350. The minimum Gasteiger partial charge on any atom is -0.355 e. The lowest BCUT2D eigenvalue weighted by molar-refractivity contribution is 0.0844. The number of rotatable bonds is 5. The van der Waals surface area contributed by atoms with Crippen LogP contribution < -0.4 is 21.7 Å². The molecule has 1 aromatic heterocycles. The van der Waals surface area contributed by atoms with Crippen LogP contribution in [0.5, 0.6) is 0 Å². The highest BCUT2D eigenvalue weighted by Gasteiger charge is 2.18. The van der Waals surface area contributed by atoms with E-state index in [9.17, 15) is 14.4 Å². The van der Waals surface area contributed by atoms with E-state index in [1.54, 1.807) is 49.4 Å². The number of fused-ring (bicyclic) bond motifs is 1. The van der Waals surface area contributed by atoms with E-state index in [-0.39, 0.29) is 11.3 Å². The standard InChI is InChI=1S/C24H21N5O3/c1-2-29-24(32)18-13-7-6-12-17(18)21(28-29)23(31)27-26-22(30)19-14-8-9-15-20(19)25-16-10-4-3-5-11-16/h3-15,25H,2H2,1H3,(H,26,30)(H,27,31). The number of aromatic nitrogens is 2. The highest BCUT2D eigenvalue weighted by atomic mass is 16.2. The second-order valence-corrected chi connectivity index (χ2v) is 6.96. The normalized spacial score (nSPS) is 10.5. The van der Waals surface area contributed by atoms with Crippen LogP contribution in [-0.4, -0.2) is 21.6 Å². The summed E-state index contributed by atoms with van der Waals surface area (Å²) in [5.41, 5.74) is 6.40. The van der Waals surface area contributed by atoms with Crippen LogP contribution in [0.25, 0.3) is 10.8 Å². The lowest BCUT2D eigenvalue weighted by Crippen LogP contribution is -2.43. The number of amides is 2. The summed E-state index contributed by atoms with van der Waals surface area (Å²) in [7, 11) is 0. The van der Waals surface area contributed by atoms with Crippen molar-refractivity contribution >= 4 is 34.0 Å². The van der Waals surface area contributed by atoms with Crippen LogP contribution in [0, 0.1) is 0 Å². The average Bonchev–Trinajstić information content (AvgIpc) is 2.84. The van der Waals surface area contributed by atoms with Crippen LogP contribution in [0.1, 0.15) is 27.8 Å². The first-order valence-electron chi connectivity index (χ1n) is 10.1. The Kier molecular flexibility index (Phi) is 5.94. The van der Waals surface area contributed by atoms with Gasteiger partial charge in [-0.05, 0) is 37.3 Å². The number of benzene rings is 3. The number of hydrogen-bond acceptors (Lipinski definition) is 5. The maximum absolute atomic E-state index is 12.8. The van der Waals surface area contributed by atoms with Crippen molar-refractivity contribution in [2.75, 3.05) is 5.32 Å². The van der Waals surface area contributed by atoms with Crippen molar-refractivity contribution < 1.29 is 9.59 Å². The van der Waals surface area contributed by atoms with Crippen molar-refractivity contribution in [1.29, 1.82) is 0 Å². The van der Waals surface area contributed by atoms with Crippen molar-refractivity contribution in [3.63, 3.8) is 0 Å². The molecule has 0 radical (unpaired) electrons. The minimum absolute atomic E-state index is 0.0537. The quantitative estimate of drug-likeness (QED) is 0.424. The van der Waals surface area contributed by atoms with Gasteiger partial charge in [0.1, 0.15) is 0 Å². The van der Waals surface area contributed by atoms with Crippen LogP contribution >= 0.6 is 0 Å². The smallest absolute Gasteiger partial charge is 0.290 e. The van der Waals surface area contributed by atoms with Gasteiger partial charge in [0, 0.05) is 17.6 Å². The monoisotopic (exact) mass is 427 g/mol. The molecular weight excluding hydrogens is 406 g/mol. The third-order valence-corrected chi connectivity index (χ3v) is 4.90. The van der Waals surface area contributed by atoms with E-state index in [1.807, 2.05) is 36.4 Å². The van der Waals surface area contributed by atoms with E-state index in [0.717, 1.165) is 5.69 Å². The van der Waals surface area contributed by atoms with Gasteiger partial charge in [0.25, 0.3) is 17.4 Å². The lowest BCUT2D eigenvalue weighted by Gasteiger charge is -2.13. The molecule has 3 aromatic carbocycles. The summed E-state index contributed by atoms with van der Waals surface area (Å²) in [5.74, 6) is -1.12. The number of hydrogen-bond donors (Lipinski definition) is 3. The number of carbonyl (C=O) groups is 2. The Hall–Kier alpha value is -4.46. The summed E-state index contributed by atoms with van der Waals surface area (Å²) in [4.78, 5) is 38.1. The van der Waals surface area contributed by atoms with Crippen LogP contribution in [0.3, 0.4) is 0 Å². The lowest BCUT2D eigenvalue weighted by atomic mass is 10.1. The highest BCUT2D eigenvalue weighted by Crippen LogP contribution is 2.20. The molecule has 2 amide bonds. The Morgan fingerprint density at radius 1 is 0.812 bits per heavy atom. The Morgan fingerprint density at radius 2 is 1.44 bits per heavy atom. The first-order valence-corrected chi connectivity index (χ1v) is 10.1. The molecule has 4 aromatic rings. The zero-order valence-electron chi connectivity index (χ0n) is 17.3. The Labute approximate surface area is 183 Å². The molecule has 8 heteroatoms. The second-order valence-electron chi connectivity index (χ2n) is 6.96. The van der Waals surface area contributed by atoms with E-state index in [2.05, 4.69) is 21.3 Å². The van der Waals surface area contributed by atoms with Gasteiger partial charge in [0.15, 0.2) is 5.69 Å². The molecular formula is C24H21N5O3. The number of nitrogens with zero attached hydrogens (tertiary/aromatic N) is 2. The van der Waals surface area contributed by atoms with E-state index < -0.39 is 11.8 Å². The average molecular weight is 427 g/mol. The van der Waals surface area contributed by atoms with Gasteiger partial charge < -0.3 is 5.32 Å². The summed E-state index contributed by atoms with van der Waals surface area (Å²) >= 11 is 0. The molecule has 32 heavy (non-hydrogen) atoms. The predicted molar refractivity (Wildman–Crippen MR) is 123 cm³/mol. The van der Waals surface area contributed by atoms with Crippen molar-refractivity contribution in [3.8, 4) is 0 Å². The molecule has 0 saturated carbocycles. The summed E-state index contributed by atoms with van der Waals surface area (Å²) in [6.07, 6.45) is 0. The van der Waals surface area contributed by atoms with Crippen LogP contribution in [-0.2, 0) is 6.54 Å². The van der Waals surface area contributed by atoms with Crippen LogP contribution in [0.4, 0.5) is 11.4 Å². The minimum atomic E-state index is -0.620. The molecule has 0 saturated heterocycles. The first-order chi connectivity index (χ1) is 15.6. The largest absolute Gasteiger partial charge is 0.355 e. The molecule has 160 valence electrons. The molecule has 1 heterocycles. The maximum Gasteiger partial charge on any atom is 0.290 e. The third kappa shape index (κ3) is 4.20. The fourth-order valence-corrected chi connectivity index (χ4v) is 3.32. The summed E-state index contributed by atoms with van der Waals surface area (Å²) in [6, 6.07) is 23.2. The molecule has 0 fully saturated rings. The molecule has 0 atom stereocenters. The van der Waals surface area contributed by atoms with Gasteiger partial charge in [-0.15, -0.1) is 0 Å². The van der Waals surface area contributed by atoms with Gasteiger partial charge in [-0.3, -0.25) is 25.2 Å². The third-order valence-electron chi connectivity index (χ3n) is 4.90. The fourth-order valence-electron chi connectivity index (χ4n) is 3.32. The predicted octanol–water partition coefficient (Wildman–Crippen LogP) is 3.23. The van der Waals surface area contributed by atoms with Gasteiger partial charge in [-0.25, -0.2) is 4.68 Å². The van der Waals surface area contributed by atoms with E-state index >= 15 is 0 Å². The topological polar surface area (TPSA) is 105 Å². The summed E-state index contributed by atoms with van der Waals surface area (Å²) < 4.78 is 1.22. The summed E-state index contributed by atoms with van der Waals surface area (Å²) in [5, 5.41) is 8.17. The number of carbonyl (C=O) groups excluding carboxylic acids is 2. The Morgan fingerprint density at radius 3 is 2.19 bits per heavy atom. The van der Waals surface area contributed by atoms with Crippen molar-refractivity contribution in [2.24, 2.45) is 0 Å².